The van der Waals surface area contributed by atoms with Crippen LogP contribution >= 0.6 is 0 Å². The first-order valence-corrected chi connectivity index (χ1v) is 9.77. The molecule has 0 aliphatic rings. The van der Waals surface area contributed by atoms with Crippen LogP contribution in [0.1, 0.15) is 48.4 Å². The van der Waals surface area contributed by atoms with Crippen LogP contribution in [-0.2, 0) is 14.3 Å². The summed E-state index contributed by atoms with van der Waals surface area (Å²) in [5.41, 5.74) is -0.227. The molecule has 170 valence electrons. The zero-order chi connectivity index (χ0) is 24.1. The number of hydrogen-bond donors (Lipinski definition) is 2. The van der Waals surface area contributed by atoms with Gasteiger partial charge >= 0.3 is 5.97 Å². The third-order valence-corrected chi connectivity index (χ3v) is 4.35. The number of hydrogen-bond acceptors (Lipinski definition) is 5. The SMILES string of the molecule is CC(OC(=O)CNC(=O)c1ccc(F)cc1F)C(=O)c1ccc(NC(=O)C(C)(C)C)cc1. The number of Topliss-reactive ketones (excluding diaryl/α,β-unsaturated/α-hetero) is 1. The number of esters is 1. The molecule has 0 aliphatic heterocycles. The molecule has 0 aliphatic carbocycles. The highest BCUT2D eigenvalue weighted by molar-refractivity contribution is 6.01. The van der Waals surface area contributed by atoms with Crippen molar-refractivity contribution in [1.82, 2.24) is 5.32 Å². The Hall–Kier alpha value is -3.62. The molecular formula is C23H24F2N2O5. The molecule has 32 heavy (non-hydrogen) atoms. The second-order valence-corrected chi connectivity index (χ2v) is 8.08. The molecule has 2 rings (SSSR count). The van der Waals surface area contributed by atoms with Crippen LogP contribution in [-0.4, -0.2) is 36.2 Å². The lowest BCUT2D eigenvalue weighted by Gasteiger charge is -2.18. The van der Waals surface area contributed by atoms with Crippen molar-refractivity contribution in [3.8, 4) is 0 Å². The van der Waals surface area contributed by atoms with Crippen molar-refractivity contribution >= 4 is 29.3 Å². The molecule has 0 fully saturated rings. The monoisotopic (exact) mass is 446 g/mol. The summed E-state index contributed by atoms with van der Waals surface area (Å²) in [7, 11) is 0. The maximum absolute atomic E-state index is 13.6. The van der Waals surface area contributed by atoms with Gasteiger partial charge in [0.15, 0.2) is 6.10 Å². The van der Waals surface area contributed by atoms with Gasteiger partial charge in [-0.1, -0.05) is 20.8 Å². The van der Waals surface area contributed by atoms with Crippen molar-refractivity contribution in [2.24, 2.45) is 5.41 Å². The minimum Gasteiger partial charge on any atom is -0.453 e. The van der Waals surface area contributed by atoms with Gasteiger partial charge in [-0.2, -0.15) is 0 Å². The van der Waals surface area contributed by atoms with E-state index >= 15 is 0 Å². The molecule has 2 N–H and O–H groups in total. The molecule has 0 heterocycles. The highest BCUT2D eigenvalue weighted by Gasteiger charge is 2.23. The number of anilines is 1. The lowest BCUT2D eigenvalue weighted by atomic mass is 9.95. The van der Waals surface area contributed by atoms with Gasteiger partial charge < -0.3 is 15.4 Å². The van der Waals surface area contributed by atoms with Gasteiger partial charge in [0.1, 0.15) is 18.2 Å². The van der Waals surface area contributed by atoms with E-state index in [1.807, 2.05) is 0 Å². The smallest absolute Gasteiger partial charge is 0.326 e. The van der Waals surface area contributed by atoms with E-state index in [1.54, 1.807) is 32.9 Å². The molecule has 0 saturated heterocycles. The van der Waals surface area contributed by atoms with Gasteiger partial charge in [0.2, 0.25) is 11.7 Å². The van der Waals surface area contributed by atoms with E-state index in [9.17, 15) is 28.0 Å². The summed E-state index contributed by atoms with van der Waals surface area (Å²) >= 11 is 0. The zero-order valence-electron chi connectivity index (χ0n) is 18.1. The summed E-state index contributed by atoms with van der Waals surface area (Å²) in [5, 5.41) is 4.89. The van der Waals surface area contributed by atoms with Crippen LogP contribution in [0.3, 0.4) is 0 Å². The van der Waals surface area contributed by atoms with Crippen LogP contribution in [0, 0.1) is 17.0 Å². The number of halogens is 2. The van der Waals surface area contributed by atoms with Crippen LogP contribution in [0.5, 0.6) is 0 Å². The Bertz CT molecular complexity index is 1030. The van der Waals surface area contributed by atoms with Gasteiger partial charge in [-0.05, 0) is 43.3 Å². The van der Waals surface area contributed by atoms with Gasteiger partial charge in [-0.25, -0.2) is 8.78 Å². The number of carbonyl (C=O) groups excluding carboxylic acids is 4. The first kappa shape index (κ1) is 24.6. The highest BCUT2D eigenvalue weighted by Crippen LogP contribution is 2.18. The average molecular weight is 446 g/mol. The Kier molecular flexibility index (Phi) is 7.80. The average Bonchev–Trinajstić information content (AvgIpc) is 2.71. The minimum absolute atomic E-state index is 0.179. The van der Waals surface area contributed by atoms with Crippen molar-refractivity contribution in [1.29, 1.82) is 0 Å². The van der Waals surface area contributed by atoms with E-state index in [2.05, 4.69) is 10.6 Å². The van der Waals surface area contributed by atoms with E-state index < -0.39 is 52.9 Å². The summed E-state index contributed by atoms with van der Waals surface area (Å²) in [4.78, 5) is 48.3. The molecule has 0 spiro atoms. The van der Waals surface area contributed by atoms with Gasteiger partial charge in [0.25, 0.3) is 5.91 Å². The van der Waals surface area contributed by atoms with Gasteiger partial charge in [-0.15, -0.1) is 0 Å². The van der Waals surface area contributed by atoms with Crippen molar-refractivity contribution in [3.63, 3.8) is 0 Å². The van der Waals surface area contributed by atoms with Crippen molar-refractivity contribution < 1.29 is 32.7 Å². The quantitative estimate of drug-likeness (QED) is 0.501. The Morgan fingerprint density at radius 2 is 1.62 bits per heavy atom. The van der Waals surface area contributed by atoms with Crippen LogP contribution in [0.2, 0.25) is 0 Å². The Balaban J connectivity index is 1.89. The van der Waals surface area contributed by atoms with Crippen molar-refractivity contribution in [2.75, 3.05) is 11.9 Å². The number of ether oxygens (including phenoxy) is 1. The number of nitrogens with one attached hydrogen (secondary N) is 2. The molecule has 9 heteroatoms. The summed E-state index contributed by atoms with van der Waals surface area (Å²) < 4.78 is 31.5. The molecule has 1 unspecified atom stereocenters. The van der Waals surface area contributed by atoms with Crippen molar-refractivity contribution in [2.45, 2.75) is 33.8 Å². The molecule has 2 aromatic carbocycles. The van der Waals surface area contributed by atoms with Gasteiger partial charge in [0.05, 0.1) is 5.56 Å². The van der Waals surface area contributed by atoms with Crippen LogP contribution in [0.4, 0.5) is 14.5 Å². The number of rotatable bonds is 7. The molecule has 0 saturated carbocycles. The van der Waals surface area contributed by atoms with E-state index in [0.29, 0.717) is 11.8 Å². The van der Waals surface area contributed by atoms with E-state index in [1.165, 1.54) is 19.1 Å². The number of carbonyl (C=O) groups is 4. The maximum Gasteiger partial charge on any atom is 0.326 e. The van der Waals surface area contributed by atoms with Crippen LogP contribution < -0.4 is 10.6 Å². The predicted molar refractivity (Wildman–Crippen MR) is 113 cm³/mol. The standard InChI is InChI=1S/C23H24F2N2O5/c1-13(20(29)14-5-8-16(9-6-14)27-22(31)23(2,3)4)32-19(28)12-26-21(30)17-10-7-15(24)11-18(17)25/h5-11,13H,12H2,1-4H3,(H,26,30)(H,27,31). The second-order valence-electron chi connectivity index (χ2n) is 8.08. The molecule has 7 nitrogen and oxygen atoms in total. The first-order chi connectivity index (χ1) is 14.9. The number of ketones is 1. The maximum atomic E-state index is 13.6. The highest BCUT2D eigenvalue weighted by atomic mass is 19.1. The lowest BCUT2D eigenvalue weighted by molar-refractivity contribution is -0.145. The predicted octanol–water partition coefficient (Wildman–Crippen LogP) is 3.49. The molecule has 0 bridgehead atoms. The topological polar surface area (TPSA) is 102 Å². The summed E-state index contributed by atoms with van der Waals surface area (Å²) in [5.74, 6) is -4.40. The van der Waals surface area contributed by atoms with Gasteiger partial charge in [0, 0.05) is 22.7 Å². The molecule has 0 aromatic heterocycles. The molecule has 0 radical (unpaired) electrons. The lowest BCUT2D eigenvalue weighted by Crippen LogP contribution is -2.34. The zero-order valence-corrected chi connectivity index (χ0v) is 18.1. The first-order valence-electron chi connectivity index (χ1n) is 9.77. The normalized spacial score (nSPS) is 11.9. The van der Waals surface area contributed by atoms with Crippen LogP contribution in [0.15, 0.2) is 42.5 Å². The summed E-state index contributed by atoms with van der Waals surface area (Å²) in [6.07, 6.45) is -1.14. The molecule has 2 amide bonds. The number of benzene rings is 2. The molecular weight excluding hydrogens is 422 g/mol. The summed E-state index contributed by atoms with van der Waals surface area (Å²) in [6.45, 7) is 6.08. The fourth-order valence-corrected chi connectivity index (χ4v) is 2.48. The summed E-state index contributed by atoms with van der Waals surface area (Å²) in [6, 6.07) is 8.51. The Labute approximate surface area is 184 Å². The third-order valence-electron chi connectivity index (χ3n) is 4.35. The molecule has 2 aromatic rings. The second kappa shape index (κ2) is 10.1. The van der Waals surface area contributed by atoms with Crippen molar-refractivity contribution in [3.05, 3.63) is 65.2 Å². The van der Waals surface area contributed by atoms with E-state index in [0.717, 1.165) is 12.1 Å². The van der Waals surface area contributed by atoms with E-state index in [4.69, 9.17) is 4.74 Å². The minimum atomic E-state index is -1.14. The van der Waals surface area contributed by atoms with E-state index in [-0.39, 0.29) is 11.5 Å². The Morgan fingerprint density at radius 1 is 1.00 bits per heavy atom. The number of amides is 2. The third kappa shape index (κ3) is 6.69. The fourth-order valence-electron chi connectivity index (χ4n) is 2.48. The Morgan fingerprint density at radius 3 is 2.19 bits per heavy atom. The largest absolute Gasteiger partial charge is 0.453 e. The van der Waals surface area contributed by atoms with Crippen LogP contribution in [0.25, 0.3) is 0 Å². The molecule has 1 atom stereocenters. The van der Waals surface area contributed by atoms with Gasteiger partial charge in [-0.3, -0.25) is 19.2 Å². The fraction of sp³-hybridized carbons (Fsp3) is 0.304.